The molecule has 0 saturated heterocycles. The normalized spacial score (nSPS) is 13.5. The van der Waals surface area contributed by atoms with E-state index in [0.717, 1.165) is 46.1 Å². The minimum atomic E-state index is -4.08. The smallest absolute Gasteiger partial charge is 0.264 e. The van der Waals surface area contributed by atoms with Crippen LogP contribution in [0.5, 0.6) is 0 Å². The standard InChI is InChI=1S/C24H23FN2O3S/c1-18-8-12-21(13-9-18)27(31(29,30)22-14-10-20(25)11-15-22)17-24(28)26-16-4-6-19-5-2-3-7-23(19)26/h2-3,5,7-15H,4,6,16-17H2,1H3. The lowest BCUT2D eigenvalue weighted by Gasteiger charge is -2.32. The van der Waals surface area contributed by atoms with Crippen molar-refractivity contribution in [2.45, 2.75) is 24.7 Å². The maximum atomic E-state index is 13.4. The number of fused-ring (bicyclic) bond motifs is 1. The Kier molecular flexibility index (Phi) is 5.78. The highest BCUT2D eigenvalue weighted by atomic mass is 32.2. The summed E-state index contributed by atoms with van der Waals surface area (Å²) in [6, 6.07) is 19.2. The number of benzene rings is 3. The van der Waals surface area contributed by atoms with Crippen LogP contribution >= 0.6 is 0 Å². The van der Waals surface area contributed by atoms with Crippen LogP contribution in [-0.4, -0.2) is 27.4 Å². The molecular weight excluding hydrogens is 415 g/mol. The lowest BCUT2D eigenvalue weighted by atomic mass is 10.0. The Labute approximate surface area is 181 Å². The SMILES string of the molecule is Cc1ccc(N(CC(=O)N2CCCc3ccccc32)S(=O)(=O)c2ccc(F)cc2)cc1. The van der Waals surface area contributed by atoms with Crippen molar-refractivity contribution in [3.8, 4) is 0 Å². The van der Waals surface area contributed by atoms with E-state index in [-0.39, 0.29) is 17.3 Å². The van der Waals surface area contributed by atoms with Gasteiger partial charge >= 0.3 is 0 Å². The highest BCUT2D eigenvalue weighted by Crippen LogP contribution is 2.29. The molecule has 4 rings (SSSR count). The Bertz CT molecular complexity index is 1190. The van der Waals surface area contributed by atoms with Gasteiger partial charge in [-0.05, 0) is 67.8 Å². The van der Waals surface area contributed by atoms with Gasteiger partial charge in [-0.25, -0.2) is 12.8 Å². The number of para-hydroxylation sites is 1. The fraction of sp³-hybridized carbons (Fsp3) is 0.208. The molecule has 0 bridgehead atoms. The van der Waals surface area contributed by atoms with Gasteiger partial charge in [0.25, 0.3) is 10.0 Å². The average Bonchev–Trinajstić information content (AvgIpc) is 2.78. The first-order valence-corrected chi connectivity index (χ1v) is 11.5. The quantitative estimate of drug-likeness (QED) is 0.597. The van der Waals surface area contributed by atoms with E-state index >= 15 is 0 Å². The van der Waals surface area contributed by atoms with Crippen molar-refractivity contribution in [3.63, 3.8) is 0 Å². The zero-order chi connectivity index (χ0) is 22.0. The summed E-state index contributed by atoms with van der Waals surface area (Å²) in [5.74, 6) is -0.833. The summed E-state index contributed by atoms with van der Waals surface area (Å²) in [6.45, 7) is 2.09. The van der Waals surface area contributed by atoms with E-state index in [1.54, 1.807) is 29.2 Å². The van der Waals surface area contributed by atoms with Gasteiger partial charge in [0.2, 0.25) is 5.91 Å². The van der Waals surface area contributed by atoms with Crippen molar-refractivity contribution >= 4 is 27.3 Å². The number of aryl methyl sites for hydroxylation is 2. The number of nitrogens with zero attached hydrogens (tertiary/aromatic N) is 2. The Morgan fingerprint density at radius 2 is 1.68 bits per heavy atom. The van der Waals surface area contributed by atoms with Gasteiger partial charge in [0.1, 0.15) is 12.4 Å². The van der Waals surface area contributed by atoms with E-state index in [2.05, 4.69) is 0 Å². The second kappa shape index (κ2) is 8.51. The summed E-state index contributed by atoms with van der Waals surface area (Å²) in [5, 5.41) is 0. The number of halogens is 1. The predicted octanol–water partition coefficient (Wildman–Crippen LogP) is 4.31. The number of sulfonamides is 1. The molecule has 0 spiro atoms. The minimum Gasteiger partial charge on any atom is -0.311 e. The zero-order valence-corrected chi connectivity index (χ0v) is 18.0. The first-order valence-electron chi connectivity index (χ1n) is 10.1. The fourth-order valence-corrected chi connectivity index (χ4v) is 5.17. The summed E-state index contributed by atoms with van der Waals surface area (Å²) < 4.78 is 41.3. The van der Waals surface area contributed by atoms with E-state index in [0.29, 0.717) is 12.2 Å². The van der Waals surface area contributed by atoms with Crippen LogP contribution in [0.4, 0.5) is 15.8 Å². The van der Waals surface area contributed by atoms with Crippen LogP contribution in [0.15, 0.2) is 77.7 Å². The average molecular weight is 439 g/mol. The van der Waals surface area contributed by atoms with Gasteiger partial charge < -0.3 is 4.90 Å². The van der Waals surface area contributed by atoms with Crippen LogP contribution in [-0.2, 0) is 21.2 Å². The van der Waals surface area contributed by atoms with Crippen LogP contribution < -0.4 is 9.21 Å². The van der Waals surface area contributed by atoms with Gasteiger partial charge in [-0.3, -0.25) is 9.10 Å². The Hall–Kier alpha value is -3.19. The molecule has 31 heavy (non-hydrogen) atoms. The highest BCUT2D eigenvalue weighted by molar-refractivity contribution is 7.92. The van der Waals surface area contributed by atoms with Gasteiger partial charge in [0.15, 0.2) is 0 Å². The molecule has 0 aliphatic carbocycles. The van der Waals surface area contributed by atoms with Crippen LogP contribution in [0.3, 0.4) is 0 Å². The van der Waals surface area contributed by atoms with E-state index < -0.39 is 15.8 Å². The molecule has 1 heterocycles. The summed E-state index contributed by atoms with van der Waals surface area (Å²) in [6.07, 6.45) is 1.70. The first-order chi connectivity index (χ1) is 14.9. The third kappa shape index (κ3) is 4.32. The lowest BCUT2D eigenvalue weighted by Crippen LogP contribution is -2.45. The number of rotatable bonds is 5. The molecule has 160 valence electrons. The van der Waals surface area contributed by atoms with Crippen molar-refractivity contribution in [2.24, 2.45) is 0 Å². The molecule has 3 aromatic rings. The fourth-order valence-electron chi connectivity index (χ4n) is 3.76. The molecule has 0 N–H and O–H groups in total. The van der Waals surface area contributed by atoms with Crippen molar-refractivity contribution in [1.29, 1.82) is 0 Å². The maximum Gasteiger partial charge on any atom is 0.264 e. The molecule has 1 aliphatic heterocycles. The predicted molar refractivity (Wildman–Crippen MR) is 119 cm³/mol. The highest BCUT2D eigenvalue weighted by Gasteiger charge is 2.30. The molecule has 0 fully saturated rings. The Morgan fingerprint density at radius 1 is 1.00 bits per heavy atom. The summed E-state index contributed by atoms with van der Waals surface area (Å²) in [4.78, 5) is 14.9. The number of carbonyl (C=O) groups excluding carboxylic acids is 1. The zero-order valence-electron chi connectivity index (χ0n) is 17.2. The molecule has 5 nitrogen and oxygen atoms in total. The monoisotopic (exact) mass is 438 g/mol. The Balaban J connectivity index is 1.71. The van der Waals surface area contributed by atoms with Crippen molar-refractivity contribution in [1.82, 2.24) is 0 Å². The maximum absolute atomic E-state index is 13.4. The number of hydrogen-bond donors (Lipinski definition) is 0. The van der Waals surface area contributed by atoms with Crippen molar-refractivity contribution in [2.75, 3.05) is 22.3 Å². The van der Waals surface area contributed by atoms with Gasteiger partial charge in [-0.15, -0.1) is 0 Å². The Morgan fingerprint density at radius 3 is 2.39 bits per heavy atom. The molecule has 0 radical (unpaired) electrons. The molecular formula is C24H23FN2O3S. The van der Waals surface area contributed by atoms with Gasteiger partial charge in [-0.1, -0.05) is 35.9 Å². The third-order valence-corrected chi connectivity index (χ3v) is 7.20. The summed E-state index contributed by atoms with van der Waals surface area (Å²) >= 11 is 0. The second-order valence-corrected chi connectivity index (χ2v) is 9.44. The van der Waals surface area contributed by atoms with Gasteiger partial charge in [0.05, 0.1) is 10.6 Å². The van der Waals surface area contributed by atoms with Crippen LogP contribution in [0.2, 0.25) is 0 Å². The van der Waals surface area contributed by atoms with Crippen LogP contribution in [0, 0.1) is 12.7 Å². The topological polar surface area (TPSA) is 57.7 Å². The van der Waals surface area contributed by atoms with Gasteiger partial charge in [0, 0.05) is 12.2 Å². The minimum absolute atomic E-state index is 0.0682. The number of hydrogen-bond acceptors (Lipinski definition) is 3. The summed E-state index contributed by atoms with van der Waals surface area (Å²) in [7, 11) is -4.08. The van der Waals surface area contributed by atoms with E-state index in [9.17, 15) is 17.6 Å². The molecule has 3 aromatic carbocycles. The van der Waals surface area contributed by atoms with E-state index in [1.807, 2.05) is 31.2 Å². The number of anilines is 2. The molecule has 1 aliphatic rings. The summed E-state index contributed by atoms with van der Waals surface area (Å²) in [5.41, 5.74) is 3.25. The first kappa shape index (κ1) is 21.1. The van der Waals surface area contributed by atoms with Crippen LogP contribution in [0.1, 0.15) is 17.5 Å². The lowest BCUT2D eigenvalue weighted by molar-refractivity contribution is -0.117. The van der Waals surface area contributed by atoms with Crippen molar-refractivity contribution < 1.29 is 17.6 Å². The number of carbonyl (C=O) groups is 1. The van der Waals surface area contributed by atoms with Crippen LogP contribution in [0.25, 0.3) is 0 Å². The molecule has 0 atom stereocenters. The third-order valence-electron chi connectivity index (χ3n) is 5.41. The van der Waals surface area contributed by atoms with Crippen molar-refractivity contribution in [3.05, 3.63) is 89.7 Å². The van der Waals surface area contributed by atoms with Gasteiger partial charge in [-0.2, -0.15) is 0 Å². The second-order valence-electron chi connectivity index (χ2n) is 7.58. The molecule has 0 aromatic heterocycles. The molecule has 0 saturated carbocycles. The van der Waals surface area contributed by atoms with E-state index in [4.69, 9.17) is 0 Å². The largest absolute Gasteiger partial charge is 0.311 e. The van der Waals surface area contributed by atoms with E-state index in [1.165, 1.54) is 12.1 Å². The molecule has 0 unspecified atom stereocenters. The number of amides is 1. The molecule has 1 amide bonds. The molecule has 7 heteroatoms.